The van der Waals surface area contributed by atoms with E-state index in [1.54, 1.807) is 6.08 Å². The largest absolute Gasteiger partial charge is 0.412 e. The van der Waals surface area contributed by atoms with E-state index in [4.69, 9.17) is 4.43 Å². The Morgan fingerprint density at radius 2 is 2.04 bits per heavy atom. The van der Waals surface area contributed by atoms with Gasteiger partial charge in [-0.3, -0.25) is 10.1 Å². The van der Waals surface area contributed by atoms with Crippen molar-refractivity contribution < 1.29 is 9.22 Å². The predicted octanol–water partition coefficient (Wildman–Crippen LogP) is 4.13. The summed E-state index contributed by atoms with van der Waals surface area (Å²) in [5.74, 6) is 0.124. The molecule has 2 atom stereocenters. The molecule has 26 heavy (non-hydrogen) atoms. The molecule has 0 saturated carbocycles. The molecule has 2 rings (SSSR count). The fraction of sp³-hybridized carbons (Fsp3) is 0.571. The predicted molar refractivity (Wildman–Crippen MR) is 111 cm³/mol. The van der Waals surface area contributed by atoms with Gasteiger partial charge in [0.15, 0.2) is 8.32 Å². The summed E-state index contributed by atoms with van der Waals surface area (Å²) >= 11 is 0. The van der Waals surface area contributed by atoms with E-state index in [1.807, 2.05) is 35.2 Å². The first kappa shape index (κ1) is 20.9. The first-order chi connectivity index (χ1) is 12.2. The maximum atomic E-state index is 13.1. The summed E-state index contributed by atoms with van der Waals surface area (Å²) in [4.78, 5) is 15.1. The van der Waals surface area contributed by atoms with Gasteiger partial charge in [0.1, 0.15) is 6.04 Å². The van der Waals surface area contributed by atoms with Crippen molar-refractivity contribution >= 4 is 14.2 Å². The average Bonchev–Trinajstić information content (AvgIpc) is 3.03. The highest BCUT2D eigenvalue weighted by Crippen LogP contribution is 2.38. The van der Waals surface area contributed by atoms with Gasteiger partial charge in [-0.05, 0) is 30.1 Å². The Bertz CT molecular complexity index is 610. The maximum Gasteiger partial charge on any atom is 0.244 e. The highest BCUT2D eigenvalue weighted by molar-refractivity contribution is 6.74. The number of rotatable bonds is 7. The molecule has 0 unspecified atom stereocenters. The number of carbonyl (C=O) groups excluding carboxylic acids is 1. The second-order valence-electron chi connectivity index (χ2n) is 8.61. The normalized spacial score (nSPS) is 19.4. The molecule has 1 N–H and O–H groups in total. The van der Waals surface area contributed by atoms with Crippen LogP contribution < -0.4 is 5.32 Å². The van der Waals surface area contributed by atoms with E-state index in [0.29, 0.717) is 13.1 Å². The monoisotopic (exact) mass is 374 g/mol. The van der Waals surface area contributed by atoms with Crippen molar-refractivity contribution in [1.82, 2.24) is 10.2 Å². The Morgan fingerprint density at radius 3 is 2.62 bits per heavy atom. The first-order valence-corrected chi connectivity index (χ1v) is 12.4. The van der Waals surface area contributed by atoms with Crippen molar-refractivity contribution in [2.75, 3.05) is 19.6 Å². The maximum absolute atomic E-state index is 13.1. The van der Waals surface area contributed by atoms with Crippen LogP contribution >= 0.6 is 0 Å². The number of likely N-dealkylation sites (tertiary alicyclic amines) is 1. The lowest BCUT2D eigenvalue weighted by molar-refractivity contribution is -0.132. The molecule has 0 radical (unpaired) electrons. The van der Waals surface area contributed by atoms with Crippen molar-refractivity contribution in [3.8, 4) is 0 Å². The van der Waals surface area contributed by atoms with Crippen molar-refractivity contribution in [1.29, 1.82) is 0 Å². The molecule has 144 valence electrons. The van der Waals surface area contributed by atoms with Gasteiger partial charge < -0.3 is 9.33 Å². The highest BCUT2D eigenvalue weighted by Gasteiger charge is 2.41. The molecule has 1 heterocycles. The zero-order chi connectivity index (χ0) is 19.4. The Balaban J connectivity index is 2.05. The van der Waals surface area contributed by atoms with Crippen LogP contribution in [-0.2, 0) is 9.22 Å². The molecular formula is C21H34N2O2Si. The molecule has 0 bridgehead atoms. The van der Waals surface area contributed by atoms with Gasteiger partial charge in [0.2, 0.25) is 5.91 Å². The van der Waals surface area contributed by atoms with Crippen molar-refractivity contribution in [3.63, 3.8) is 0 Å². The second kappa shape index (κ2) is 8.50. The zero-order valence-corrected chi connectivity index (χ0v) is 17.9. The Labute approximate surface area is 159 Å². The van der Waals surface area contributed by atoms with Gasteiger partial charge in [0, 0.05) is 19.6 Å². The van der Waals surface area contributed by atoms with Gasteiger partial charge in [-0.1, -0.05) is 57.2 Å². The molecule has 1 aliphatic heterocycles. The quantitative estimate of drug-likeness (QED) is 0.576. The average molecular weight is 375 g/mol. The third kappa shape index (κ3) is 5.06. The lowest BCUT2D eigenvalue weighted by atomic mass is 10.1. The van der Waals surface area contributed by atoms with Gasteiger partial charge in [-0.2, -0.15) is 0 Å². The number of nitrogens with zero attached hydrogens (tertiary/aromatic N) is 1. The Hall–Kier alpha value is -1.43. The lowest BCUT2D eigenvalue weighted by Gasteiger charge is -2.38. The van der Waals surface area contributed by atoms with Crippen LogP contribution in [0.5, 0.6) is 0 Å². The number of carbonyl (C=O) groups is 1. The molecule has 5 heteroatoms. The zero-order valence-electron chi connectivity index (χ0n) is 16.9. The van der Waals surface area contributed by atoms with Gasteiger partial charge in [0.25, 0.3) is 0 Å². The standard InChI is InChI=1S/C21H34N2O2Si/c1-7-14-22-19(17-11-9-8-10-12-17)20(24)23-15-13-18(16-23)25-26(5,6)21(2,3)4/h7-12,18-19,22H,1,13-16H2,2-6H3/t18-,19-/m0/s1. The molecule has 1 aromatic carbocycles. The Morgan fingerprint density at radius 1 is 1.38 bits per heavy atom. The van der Waals surface area contributed by atoms with Crippen molar-refractivity contribution in [2.24, 2.45) is 0 Å². The topological polar surface area (TPSA) is 41.6 Å². The number of nitrogens with one attached hydrogen (secondary N) is 1. The van der Waals surface area contributed by atoms with Crippen LogP contribution in [0.1, 0.15) is 38.8 Å². The van der Waals surface area contributed by atoms with E-state index >= 15 is 0 Å². The minimum atomic E-state index is -1.81. The number of hydrogen-bond donors (Lipinski definition) is 1. The van der Waals surface area contributed by atoms with Crippen LogP contribution in [0.4, 0.5) is 0 Å². The van der Waals surface area contributed by atoms with Crippen LogP contribution in [0.3, 0.4) is 0 Å². The van der Waals surface area contributed by atoms with Crippen LogP contribution in [-0.4, -0.2) is 44.9 Å². The fourth-order valence-electron chi connectivity index (χ4n) is 3.00. The van der Waals surface area contributed by atoms with Gasteiger partial charge in [-0.15, -0.1) is 6.58 Å². The molecule has 1 aromatic rings. The summed E-state index contributed by atoms with van der Waals surface area (Å²) in [5.41, 5.74) is 0.994. The number of amides is 1. The summed E-state index contributed by atoms with van der Waals surface area (Å²) in [6.45, 7) is 17.1. The molecule has 1 amide bonds. The van der Waals surface area contributed by atoms with Crippen LogP contribution in [0, 0.1) is 0 Å². The molecule has 0 aliphatic carbocycles. The van der Waals surface area contributed by atoms with E-state index in [9.17, 15) is 4.79 Å². The SMILES string of the molecule is C=CCN[C@H](C(=O)N1CC[C@H](O[Si](C)(C)C(C)(C)C)C1)c1ccccc1. The smallest absolute Gasteiger partial charge is 0.244 e. The van der Waals surface area contributed by atoms with E-state index in [1.165, 1.54) is 0 Å². The minimum Gasteiger partial charge on any atom is -0.412 e. The second-order valence-corrected chi connectivity index (χ2v) is 13.4. The number of benzene rings is 1. The summed E-state index contributed by atoms with van der Waals surface area (Å²) in [6, 6.07) is 9.58. The van der Waals surface area contributed by atoms with Gasteiger partial charge >= 0.3 is 0 Å². The molecule has 1 aliphatic rings. The van der Waals surface area contributed by atoms with E-state index < -0.39 is 8.32 Å². The number of hydrogen-bond acceptors (Lipinski definition) is 3. The summed E-state index contributed by atoms with van der Waals surface area (Å²) < 4.78 is 6.52. The summed E-state index contributed by atoms with van der Waals surface area (Å²) in [5, 5.41) is 3.49. The molecular weight excluding hydrogens is 340 g/mol. The van der Waals surface area contributed by atoms with E-state index in [-0.39, 0.29) is 23.1 Å². The molecule has 1 saturated heterocycles. The third-order valence-corrected chi connectivity index (χ3v) is 10.1. The van der Waals surface area contributed by atoms with E-state index in [0.717, 1.165) is 18.5 Å². The first-order valence-electron chi connectivity index (χ1n) is 9.51. The summed E-state index contributed by atoms with van der Waals surface area (Å²) in [7, 11) is -1.81. The molecule has 4 nitrogen and oxygen atoms in total. The highest BCUT2D eigenvalue weighted by atomic mass is 28.4. The van der Waals surface area contributed by atoms with Crippen LogP contribution in [0.15, 0.2) is 43.0 Å². The van der Waals surface area contributed by atoms with Gasteiger partial charge in [0.05, 0.1) is 6.10 Å². The van der Waals surface area contributed by atoms with E-state index in [2.05, 4.69) is 45.8 Å². The van der Waals surface area contributed by atoms with Crippen LogP contribution in [0.25, 0.3) is 0 Å². The molecule has 0 aromatic heterocycles. The van der Waals surface area contributed by atoms with Crippen molar-refractivity contribution in [3.05, 3.63) is 48.6 Å². The lowest BCUT2D eigenvalue weighted by Crippen LogP contribution is -2.45. The molecule has 1 fully saturated rings. The fourth-order valence-corrected chi connectivity index (χ4v) is 4.37. The summed E-state index contributed by atoms with van der Waals surface area (Å²) in [6.07, 6.45) is 2.85. The van der Waals surface area contributed by atoms with Crippen molar-refractivity contribution in [2.45, 2.75) is 57.5 Å². The third-order valence-electron chi connectivity index (χ3n) is 5.57. The van der Waals surface area contributed by atoms with Crippen LogP contribution in [0.2, 0.25) is 18.1 Å². The van der Waals surface area contributed by atoms with Gasteiger partial charge in [-0.25, -0.2) is 0 Å². The Kier molecular flexibility index (Phi) is 6.83. The molecule has 0 spiro atoms. The minimum absolute atomic E-state index is 0.124.